The zero-order chi connectivity index (χ0) is 16.6. The van der Waals surface area contributed by atoms with Gasteiger partial charge >= 0.3 is 35.5 Å². The van der Waals surface area contributed by atoms with Crippen LogP contribution >= 0.6 is 12.6 Å². The van der Waals surface area contributed by atoms with E-state index < -0.39 is 12.0 Å². The number of thiol groups is 1. The molecule has 0 aliphatic heterocycles. The van der Waals surface area contributed by atoms with Crippen LogP contribution in [0.5, 0.6) is 0 Å². The first-order chi connectivity index (χ1) is 10.6. The quantitative estimate of drug-likeness (QED) is 0.236. The summed E-state index contributed by atoms with van der Waals surface area (Å²) in [5.41, 5.74) is 0. The third-order valence-corrected chi connectivity index (χ3v) is 4.19. The minimum atomic E-state index is -1.03. The fourth-order valence-corrected chi connectivity index (χ4v) is 2.65. The molecule has 132 valence electrons. The van der Waals surface area contributed by atoms with Crippen LogP contribution in [0, 0.1) is 0 Å². The van der Waals surface area contributed by atoms with E-state index in [1.165, 1.54) is 51.4 Å². The van der Waals surface area contributed by atoms with E-state index in [0.717, 1.165) is 19.3 Å². The molecule has 6 heteroatoms. The van der Waals surface area contributed by atoms with Gasteiger partial charge in [0.2, 0.25) is 5.91 Å². The molecule has 0 heterocycles. The second kappa shape index (κ2) is 18.6. The summed E-state index contributed by atoms with van der Waals surface area (Å²) < 4.78 is 0. The fourth-order valence-electron chi connectivity index (χ4n) is 2.40. The fraction of sp³-hybridized carbons (Fsp3) is 0.882. The number of rotatable bonds is 15. The van der Waals surface area contributed by atoms with Crippen LogP contribution < -0.4 is 34.9 Å². The topological polar surface area (TPSA) is 66.4 Å². The average molecular weight is 356 g/mol. The molecule has 23 heavy (non-hydrogen) atoms. The molecule has 2 N–H and O–H groups in total. The van der Waals surface area contributed by atoms with E-state index >= 15 is 0 Å². The van der Waals surface area contributed by atoms with Crippen molar-refractivity contribution in [1.82, 2.24) is 5.32 Å². The van der Waals surface area contributed by atoms with Gasteiger partial charge in [-0.3, -0.25) is 4.79 Å². The van der Waals surface area contributed by atoms with Crippen molar-refractivity contribution in [3.05, 3.63) is 0 Å². The number of carboxylic acids is 1. The van der Waals surface area contributed by atoms with Gasteiger partial charge in [0.05, 0.1) is 0 Å². The van der Waals surface area contributed by atoms with Crippen LogP contribution in [0.25, 0.3) is 0 Å². The maximum atomic E-state index is 11.6. The number of nitrogens with one attached hydrogen (secondary N) is 1. The number of unbranched alkanes of at least 4 members (excludes halogenated alkanes) is 10. The second-order valence-corrected chi connectivity index (χ2v) is 6.29. The van der Waals surface area contributed by atoms with Crippen molar-refractivity contribution >= 4 is 24.5 Å². The Bertz CT molecular complexity index is 310. The molecule has 0 aromatic heterocycles. The van der Waals surface area contributed by atoms with Crippen molar-refractivity contribution in [3.63, 3.8) is 0 Å². The van der Waals surface area contributed by atoms with Gasteiger partial charge < -0.3 is 11.8 Å². The summed E-state index contributed by atoms with van der Waals surface area (Å²) in [6.07, 6.45) is 14.1. The van der Waals surface area contributed by atoms with Crippen LogP contribution in [0.1, 0.15) is 85.4 Å². The molecule has 0 saturated carbocycles. The summed E-state index contributed by atoms with van der Waals surface area (Å²) >= 11 is 3.92. The summed E-state index contributed by atoms with van der Waals surface area (Å²) in [7, 11) is 0. The number of carboxylic acid groups (broad SMARTS) is 1. The SMILES string of the molecule is CCCCCCCCCCCCCC(=O)NC(CS)C(=O)O.[H-].[Na+]. The summed E-state index contributed by atoms with van der Waals surface area (Å²) in [4.78, 5) is 22.3. The standard InChI is InChI=1S/C17H33NO3S.Na.H/c1-2-3-4-5-6-7-8-9-10-11-12-13-16(19)18-15(14-22)17(20)21;;/h15,22H,2-14H2,1H3,(H,18,19)(H,20,21);;/q;+1;-1. The van der Waals surface area contributed by atoms with Gasteiger partial charge in [0.25, 0.3) is 0 Å². The summed E-state index contributed by atoms with van der Waals surface area (Å²) in [6, 6.07) is -0.872. The van der Waals surface area contributed by atoms with E-state index in [-0.39, 0.29) is 42.6 Å². The molecular formula is C17H34NNaO3S. The second-order valence-electron chi connectivity index (χ2n) is 5.93. The molecule has 0 radical (unpaired) electrons. The van der Waals surface area contributed by atoms with Crippen LogP contribution in [0.15, 0.2) is 0 Å². The van der Waals surface area contributed by atoms with Gasteiger partial charge in [0.15, 0.2) is 0 Å². The third kappa shape index (κ3) is 16.9. The third-order valence-electron chi connectivity index (χ3n) is 3.82. The van der Waals surface area contributed by atoms with Crippen LogP contribution in [0.2, 0.25) is 0 Å². The smallest absolute Gasteiger partial charge is 1.00 e. The Kier molecular flexibility index (Phi) is 20.7. The Morgan fingerprint density at radius 2 is 1.39 bits per heavy atom. The molecule has 0 rings (SSSR count). The first-order valence-corrected chi connectivity index (χ1v) is 9.38. The number of hydrogen-bond donors (Lipinski definition) is 3. The molecule has 1 amide bonds. The average Bonchev–Trinajstić information content (AvgIpc) is 2.50. The maximum absolute atomic E-state index is 11.6. The van der Waals surface area contributed by atoms with Crippen LogP contribution in [-0.2, 0) is 9.59 Å². The van der Waals surface area contributed by atoms with E-state index in [9.17, 15) is 9.59 Å². The molecule has 1 unspecified atom stereocenters. The molecular weight excluding hydrogens is 321 g/mol. The number of amides is 1. The molecule has 0 spiro atoms. The molecule has 0 aromatic rings. The van der Waals surface area contributed by atoms with Crippen LogP contribution in [0.4, 0.5) is 0 Å². The number of carbonyl (C=O) groups is 2. The van der Waals surface area contributed by atoms with E-state index in [2.05, 4.69) is 24.9 Å². The van der Waals surface area contributed by atoms with Gasteiger partial charge in [-0.05, 0) is 6.42 Å². The van der Waals surface area contributed by atoms with Crippen molar-refractivity contribution in [2.45, 2.75) is 90.0 Å². The largest absolute Gasteiger partial charge is 1.00 e. The number of carbonyl (C=O) groups excluding carboxylic acids is 1. The molecule has 0 fully saturated rings. The predicted octanol–water partition coefficient (Wildman–Crippen LogP) is 1.30. The van der Waals surface area contributed by atoms with Crippen molar-refractivity contribution < 1.29 is 45.7 Å². The molecule has 0 saturated heterocycles. The normalized spacial score (nSPS) is 11.6. The van der Waals surface area contributed by atoms with Crippen molar-refractivity contribution in [1.29, 1.82) is 0 Å². The first-order valence-electron chi connectivity index (χ1n) is 8.74. The molecule has 0 aliphatic rings. The van der Waals surface area contributed by atoms with Gasteiger partial charge in [0.1, 0.15) is 6.04 Å². The minimum Gasteiger partial charge on any atom is -1.00 e. The summed E-state index contributed by atoms with van der Waals surface area (Å²) in [5, 5.41) is 11.3. The zero-order valence-corrected chi connectivity index (χ0v) is 17.9. The maximum Gasteiger partial charge on any atom is 1.00 e. The minimum absolute atomic E-state index is 0. The molecule has 1 atom stereocenters. The number of aliphatic carboxylic acids is 1. The Morgan fingerprint density at radius 3 is 1.78 bits per heavy atom. The van der Waals surface area contributed by atoms with E-state index in [1.807, 2.05) is 0 Å². The van der Waals surface area contributed by atoms with Crippen molar-refractivity contribution in [2.24, 2.45) is 0 Å². The Morgan fingerprint density at radius 1 is 0.957 bits per heavy atom. The van der Waals surface area contributed by atoms with Gasteiger partial charge in [-0.15, -0.1) is 0 Å². The van der Waals surface area contributed by atoms with E-state index in [1.54, 1.807) is 0 Å². The Balaban J connectivity index is -0.00000220. The summed E-state index contributed by atoms with van der Waals surface area (Å²) in [5.74, 6) is -1.08. The van der Waals surface area contributed by atoms with Crippen molar-refractivity contribution in [3.8, 4) is 0 Å². The van der Waals surface area contributed by atoms with E-state index in [4.69, 9.17) is 5.11 Å². The van der Waals surface area contributed by atoms with Gasteiger partial charge in [-0.25, -0.2) is 4.79 Å². The summed E-state index contributed by atoms with van der Waals surface area (Å²) in [6.45, 7) is 2.24. The monoisotopic (exact) mass is 355 g/mol. The van der Waals surface area contributed by atoms with Crippen LogP contribution in [-0.4, -0.2) is 28.8 Å². The first kappa shape index (κ1) is 25.5. The molecule has 0 bridgehead atoms. The molecule has 4 nitrogen and oxygen atoms in total. The van der Waals surface area contributed by atoms with Crippen molar-refractivity contribution in [2.75, 3.05) is 5.75 Å². The van der Waals surface area contributed by atoms with Crippen LogP contribution in [0.3, 0.4) is 0 Å². The van der Waals surface area contributed by atoms with Gasteiger partial charge in [0, 0.05) is 12.2 Å². The number of hydrogen-bond acceptors (Lipinski definition) is 3. The van der Waals surface area contributed by atoms with Gasteiger partial charge in [-0.2, -0.15) is 12.6 Å². The Labute approximate surface area is 170 Å². The van der Waals surface area contributed by atoms with E-state index in [0.29, 0.717) is 6.42 Å². The molecule has 0 aromatic carbocycles. The zero-order valence-electron chi connectivity index (χ0n) is 16.0. The van der Waals surface area contributed by atoms with Gasteiger partial charge in [-0.1, -0.05) is 71.1 Å². The predicted molar refractivity (Wildman–Crippen MR) is 95.6 cm³/mol. The molecule has 0 aliphatic carbocycles. The Hall–Kier alpha value is 0.290.